The van der Waals surface area contributed by atoms with Crippen molar-refractivity contribution in [2.24, 2.45) is 5.73 Å². The molecule has 1 amide bonds. The molecule has 0 bridgehead atoms. The summed E-state index contributed by atoms with van der Waals surface area (Å²) in [6.07, 6.45) is -0.575. The molecular formula is C12H16N2O3S. The summed E-state index contributed by atoms with van der Waals surface area (Å²) in [5.41, 5.74) is 6.63. The van der Waals surface area contributed by atoms with E-state index in [1.165, 1.54) is 14.2 Å². The van der Waals surface area contributed by atoms with Gasteiger partial charge in [0.1, 0.15) is 16.8 Å². The molecule has 0 aliphatic carbocycles. The number of rotatable bonds is 5. The molecule has 6 heteroatoms. The first-order chi connectivity index (χ1) is 8.51. The lowest BCUT2D eigenvalue weighted by Crippen LogP contribution is -2.28. The third-order valence-electron chi connectivity index (χ3n) is 2.48. The van der Waals surface area contributed by atoms with E-state index in [0.717, 1.165) is 0 Å². The zero-order valence-electron chi connectivity index (χ0n) is 10.5. The highest BCUT2D eigenvalue weighted by Crippen LogP contribution is 2.28. The van der Waals surface area contributed by atoms with Gasteiger partial charge in [0, 0.05) is 12.7 Å². The molecular weight excluding hydrogens is 252 g/mol. The van der Waals surface area contributed by atoms with Crippen LogP contribution in [0.25, 0.3) is 0 Å². The summed E-state index contributed by atoms with van der Waals surface area (Å²) >= 11 is 4.94. The predicted octanol–water partition coefficient (Wildman–Crippen LogP) is 1.30. The summed E-state index contributed by atoms with van der Waals surface area (Å²) < 4.78 is 10.1. The number of methoxy groups -OCH3 is 2. The molecule has 98 valence electrons. The van der Waals surface area contributed by atoms with Crippen LogP contribution in [-0.2, 0) is 9.53 Å². The topological polar surface area (TPSA) is 73.6 Å². The molecule has 3 N–H and O–H groups in total. The minimum Gasteiger partial charge on any atom is -0.495 e. The van der Waals surface area contributed by atoms with Crippen LogP contribution in [0.3, 0.4) is 0 Å². The van der Waals surface area contributed by atoms with Gasteiger partial charge < -0.3 is 20.5 Å². The Morgan fingerprint density at radius 3 is 2.61 bits per heavy atom. The Morgan fingerprint density at radius 2 is 2.11 bits per heavy atom. The van der Waals surface area contributed by atoms with Crippen molar-refractivity contribution in [1.29, 1.82) is 0 Å². The second-order valence-corrected chi connectivity index (χ2v) is 4.05. The zero-order chi connectivity index (χ0) is 13.7. The lowest BCUT2D eigenvalue weighted by atomic mass is 10.1. The van der Waals surface area contributed by atoms with Crippen molar-refractivity contribution in [3.8, 4) is 5.75 Å². The summed E-state index contributed by atoms with van der Waals surface area (Å²) in [4.78, 5) is 12.0. The highest BCUT2D eigenvalue weighted by Gasteiger charge is 2.17. The zero-order valence-corrected chi connectivity index (χ0v) is 11.3. The van der Waals surface area contributed by atoms with Gasteiger partial charge in [-0.15, -0.1) is 0 Å². The summed E-state index contributed by atoms with van der Waals surface area (Å²) in [7, 11) is 2.97. The fourth-order valence-electron chi connectivity index (χ4n) is 1.37. The maximum absolute atomic E-state index is 11.8. The van der Waals surface area contributed by atoms with Crippen LogP contribution >= 0.6 is 12.2 Å². The number of nitrogens with two attached hydrogens (primary N) is 1. The number of thiocarbonyl (C=S) groups is 1. The normalized spacial score (nSPS) is 11.7. The van der Waals surface area contributed by atoms with E-state index in [2.05, 4.69) is 5.32 Å². The summed E-state index contributed by atoms with van der Waals surface area (Å²) in [6.45, 7) is 1.64. The largest absolute Gasteiger partial charge is 0.495 e. The quantitative estimate of drug-likeness (QED) is 0.787. The number of nitrogens with one attached hydrogen (secondary N) is 1. The van der Waals surface area contributed by atoms with E-state index < -0.39 is 6.10 Å². The lowest BCUT2D eigenvalue weighted by molar-refractivity contribution is -0.124. The monoisotopic (exact) mass is 268 g/mol. The molecule has 1 atom stereocenters. The van der Waals surface area contributed by atoms with E-state index in [1.807, 2.05) is 0 Å². The van der Waals surface area contributed by atoms with Crippen molar-refractivity contribution in [2.75, 3.05) is 19.5 Å². The molecule has 0 aliphatic heterocycles. The Morgan fingerprint density at radius 1 is 1.44 bits per heavy atom. The van der Waals surface area contributed by atoms with E-state index >= 15 is 0 Å². The molecule has 5 nitrogen and oxygen atoms in total. The predicted molar refractivity (Wildman–Crippen MR) is 74.0 cm³/mol. The van der Waals surface area contributed by atoms with E-state index in [1.54, 1.807) is 25.1 Å². The average Bonchev–Trinajstić information content (AvgIpc) is 2.37. The van der Waals surface area contributed by atoms with Crippen molar-refractivity contribution < 1.29 is 14.3 Å². The second-order valence-electron chi connectivity index (χ2n) is 3.61. The van der Waals surface area contributed by atoms with E-state index in [9.17, 15) is 4.79 Å². The van der Waals surface area contributed by atoms with Crippen LogP contribution < -0.4 is 15.8 Å². The maximum atomic E-state index is 11.8. The van der Waals surface area contributed by atoms with Crippen molar-refractivity contribution >= 4 is 28.8 Å². The molecule has 0 aliphatic rings. The van der Waals surface area contributed by atoms with Crippen LogP contribution in [0.2, 0.25) is 0 Å². The van der Waals surface area contributed by atoms with Gasteiger partial charge in [0.2, 0.25) is 0 Å². The first kappa shape index (κ1) is 14.4. The summed E-state index contributed by atoms with van der Waals surface area (Å²) in [6, 6.07) is 5.19. The SMILES string of the molecule is COc1cccc(C(N)=S)c1NC(=O)C(C)OC. The maximum Gasteiger partial charge on any atom is 0.253 e. The van der Waals surface area contributed by atoms with Gasteiger partial charge in [-0.25, -0.2) is 0 Å². The molecule has 1 aromatic carbocycles. The van der Waals surface area contributed by atoms with Gasteiger partial charge in [0.05, 0.1) is 12.8 Å². The molecule has 0 fully saturated rings. The van der Waals surface area contributed by atoms with E-state index in [4.69, 9.17) is 27.4 Å². The molecule has 0 saturated carbocycles. The van der Waals surface area contributed by atoms with Crippen molar-refractivity contribution in [2.45, 2.75) is 13.0 Å². The molecule has 1 unspecified atom stereocenters. The van der Waals surface area contributed by atoms with Crippen LogP contribution in [0.4, 0.5) is 5.69 Å². The number of ether oxygens (including phenoxy) is 2. The molecule has 0 saturated heterocycles. The van der Waals surface area contributed by atoms with Gasteiger partial charge in [-0.2, -0.15) is 0 Å². The van der Waals surface area contributed by atoms with Crippen LogP contribution in [0.15, 0.2) is 18.2 Å². The smallest absolute Gasteiger partial charge is 0.253 e. The molecule has 0 heterocycles. The third kappa shape index (κ3) is 3.18. The minimum atomic E-state index is -0.575. The Kier molecular flexibility index (Phi) is 5.06. The lowest BCUT2D eigenvalue weighted by Gasteiger charge is -2.16. The highest BCUT2D eigenvalue weighted by atomic mass is 32.1. The van der Waals surface area contributed by atoms with E-state index in [-0.39, 0.29) is 10.9 Å². The first-order valence-corrected chi connectivity index (χ1v) is 5.72. The molecule has 0 spiro atoms. The Hall–Kier alpha value is -1.66. The number of benzene rings is 1. The number of hydrogen-bond donors (Lipinski definition) is 2. The van der Waals surface area contributed by atoms with Crippen LogP contribution in [-0.4, -0.2) is 31.2 Å². The number of anilines is 1. The van der Waals surface area contributed by atoms with Gasteiger partial charge in [0.25, 0.3) is 5.91 Å². The number of carbonyl (C=O) groups is 1. The van der Waals surface area contributed by atoms with Crippen LogP contribution in [0.5, 0.6) is 5.75 Å². The molecule has 1 aromatic rings. The summed E-state index contributed by atoms with van der Waals surface area (Å²) in [5.74, 6) is 0.205. The highest BCUT2D eigenvalue weighted by molar-refractivity contribution is 7.80. The molecule has 18 heavy (non-hydrogen) atoms. The first-order valence-electron chi connectivity index (χ1n) is 5.31. The van der Waals surface area contributed by atoms with Gasteiger partial charge in [-0.05, 0) is 19.1 Å². The molecule has 1 rings (SSSR count). The molecule has 0 aromatic heterocycles. The Labute approximate surface area is 111 Å². The average molecular weight is 268 g/mol. The fourth-order valence-corrected chi connectivity index (χ4v) is 1.54. The molecule has 0 radical (unpaired) electrons. The van der Waals surface area contributed by atoms with Gasteiger partial charge in [0.15, 0.2) is 0 Å². The van der Waals surface area contributed by atoms with Crippen LogP contribution in [0, 0.1) is 0 Å². The van der Waals surface area contributed by atoms with Gasteiger partial charge in [-0.3, -0.25) is 4.79 Å². The van der Waals surface area contributed by atoms with Gasteiger partial charge in [-0.1, -0.05) is 18.3 Å². The van der Waals surface area contributed by atoms with Crippen LogP contribution in [0.1, 0.15) is 12.5 Å². The minimum absolute atomic E-state index is 0.189. The fraction of sp³-hybridized carbons (Fsp3) is 0.333. The Balaban J connectivity index is 3.12. The number of amides is 1. The van der Waals surface area contributed by atoms with E-state index in [0.29, 0.717) is 17.0 Å². The Bertz CT molecular complexity index is 463. The standard InChI is InChI=1S/C12H16N2O3S/c1-7(16-2)12(15)14-10-8(11(13)18)5-4-6-9(10)17-3/h4-7H,1-3H3,(H2,13,18)(H,14,15). The van der Waals surface area contributed by atoms with Crippen molar-refractivity contribution in [3.05, 3.63) is 23.8 Å². The van der Waals surface area contributed by atoms with Gasteiger partial charge >= 0.3 is 0 Å². The van der Waals surface area contributed by atoms with Crippen molar-refractivity contribution in [3.63, 3.8) is 0 Å². The number of hydrogen-bond acceptors (Lipinski definition) is 4. The second kappa shape index (κ2) is 6.32. The number of para-hydroxylation sites is 1. The third-order valence-corrected chi connectivity index (χ3v) is 2.70. The summed E-state index contributed by atoms with van der Waals surface area (Å²) in [5, 5.41) is 2.71. The number of carbonyl (C=O) groups excluding carboxylic acids is 1. The van der Waals surface area contributed by atoms with Crippen molar-refractivity contribution in [1.82, 2.24) is 0 Å².